The maximum atomic E-state index is 4.06. The van der Waals surface area contributed by atoms with Gasteiger partial charge in [-0.05, 0) is 11.9 Å². The molecule has 0 aromatic carbocycles. The minimum atomic E-state index is 0.468. The van der Waals surface area contributed by atoms with E-state index in [1.165, 1.54) is 176 Å². The highest BCUT2D eigenvalue weighted by atomic mass is 14.8. The van der Waals surface area contributed by atoms with Gasteiger partial charge < -0.3 is 5.23 Å². The van der Waals surface area contributed by atoms with Gasteiger partial charge >= 0.3 is 0 Å². The molecule has 0 aliphatic heterocycles. The van der Waals surface area contributed by atoms with Crippen LogP contribution in [0.15, 0.2) is 0 Å². The highest BCUT2D eigenvalue weighted by molar-refractivity contribution is 7.00. The van der Waals surface area contributed by atoms with Crippen LogP contribution in [0.25, 0.3) is 0 Å². The summed E-state index contributed by atoms with van der Waals surface area (Å²) in [5.41, 5.74) is 0. The molecule has 0 radical (unpaired) electrons. The maximum absolute atomic E-state index is 4.06. The zero-order valence-corrected chi connectivity index (χ0v) is 25.1. The summed E-state index contributed by atoms with van der Waals surface area (Å²) in [7, 11) is 4.07. The second-order valence-electron chi connectivity index (χ2n) is 14.3. The fourth-order valence-corrected chi connectivity index (χ4v) is 7.68. The van der Waals surface area contributed by atoms with E-state index >= 15 is 0 Å². The first-order valence-electron chi connectivity index (χ1n) is 16.6. The van der Waals surface area contributed by atoms with E-state index in [1.54, 1.807) is 0 Å². The third kappa shape index (κ3) is 14.0. The number of unbranched alkanes of at least 4 members (excludes halogenated alkanes) is 5. The van der Waals surface area contributed by atoms with E-state index in [0.717, 1.165) is 0 Å². The Morgan fingerprint density at radius 2 is 1.09 bits per heavy atom. The minimum absolute atomic E-state index is 0.468. The van der Waals surface area contributed by atoms with Crippen LogP contribution >= 0.6 is 0 Å². The summed E-state index contributed by atoms with van der Waals surface area (Å²) in [6.45, 7) is 11.5. The van der Waals surface area contributed by atoms with Gasteiger partial charge in [0.15, 0.2) is 7.31 Å². The Morgan fingerprint density at radius 1 is 0.629 bits per heavy atom. The molecule has 0 heterocycles. The third-order valence-electron chi connectivity index (χ3n) is 10.1. The number of rotatable bonds is 14. The fraction of sp³-hybridized carbons (Fsp3) is 1.00. The first-order chi connectivity index (χ1) is 16.9. The van der Waals surface area contributed by atoms with Crippen molar-refractivity contribution >= 4 is 21.8 Å². The van der Waals surface area contributed by atoms with Gasteiger partial charge in [0, 0.05) is 0 Å². The predicted molar refractivity (Wildman–Crippen MR) is 166 cm³/mol. The average Bonchev–Trinajstić information content (AvgIpc) is 2.81. The first-order valence-corrected chi connectivity index (χ1v) is 16.6. The van der Waals surface area contributed by atoms with E-state index in [1.807, 2.05) is 0 Å². The van der Waals surface area contributed by atoms with Crippen molar-refractivity contribution < 1.29 is 0 Å². The van der Waals surface area contributed by atoms with Gasteiger partial charge in [-0.1, -0.05) is 186 Å². The van der Waals surface area contributed by atoms with Crippen LogP contribution in [-0.2, 0) is 0 Å². The minimum Gasteiger partial charge on any atom is -0.366 e. The van der Waals surface area contributed by atoms with E-state index in [0.29, 0.717) is 15.9 Å². The normalized spacial score (nSPS) is 23.3. The van der Waals surface area contributed by atoms with Crippen LogP contribution in [0.1, 0.15) is 175 Å². The van der Waals surface area contributed by atoms with Crippen molar-refractivity contribution in [3.8, 4) is 0 Å². The Labute approximate surface area is 224 Å². The molecule has 35 heavy (non-hydrogen) atoms. The molecule has 0 aromatic heterocycles. The Bertz CT molecular complexity index is 507. The Morgan fingerprint density at radius 3 is 1.63 bits per heavy atom. The quantitative estimate of drug-likeness (QED) is 0.192. The topological polar surface area (TPSA) is 12.0 Å². The Hall–Kier alpha value is 0.155. The van der Waals surface area contributed by atoms with Crippen LogP contribution < -0.4 is 5.23 Å². The molecule has 1 unspecified atom stereocenters. The summed E-state index contributed by atoms with van der Waals surface area (Å²) < 4.78 is 0. The molecule has 1 atom stereocenters. The summed E-state index contributed by atoms with van der Waals surface area (Å²) in [6, 6.07) is 0. The molecule has 1 N–H and O–H groups in total. The van der Waals surface area contributed by atoms with E-state index in [4.69, 9.17) is 0 Å². The van der Waals surface area contributed by atoms with Crippen molar-refractivity contribution in [3.05, 3.63) is 0 Å². The van der Waals surface area contributed by atoms with Gasteiger partial charge in [-0.25, -0.2) is 0 Å². The number of hydrogen-bond acceptors (Lipinski definition) is 1. The monoisotopic (exact) mass is 484 g/mol. The van der Waals surface area contributed by atoms with Crippen molar-refractivity contribution in [1.82, 2.24) is 5.23 Å². The molecule has 2 rings (SSSR count). The lowest BCUT2D eigenvalue weighted by atomic mass is 9.31. The molecule has 0 saturated heterocycles. The van der Waals surface area contributed by atoms with Crippen LogP contribution in [0.2, 0.25) is 15.9 Å². The molecule has 0 spiro atoms. The van der Waals surface area contributed by atoms with Gasteiger partial charge in [0.25, 0.3) is 0 Å². The fourth-order valence-electron chi connectivity index (χ4n) is 7.68. The Kier molecular flexibility index (Phi) is 15.8. The first kappa shape index (κ1) is 31.4. The molecule has 2 aliphatic rings. The standard InChI is InChI=1S/C31H64B3N/c1-5-6-7-8-13-22-27-31(4,32-29(2)23-18-16-12-17-19-24-29)28-35-34-33-30(3)25-20-14-10-9-11-15-21-26-30/h32-35H,5-28H2,1-4H3. The van der Waals surface area contributed by atoms with Gasteiger partial charge in [-0.2, -0.15) is 0 Å². The van der Waals surface area contributed by atoms with Crippen molar-refractivity contribution in [2.45, 2.75) is 191 Å². The maximum Gasteiger partial charge on any atom is 0.162 e. The Balaban J connectivity index is 1.88. The molecule has 2 saturated carbocycles. The molecular weight excluding hydrogens is 419 g/mol. The average molecular weight is 483 g/mol. The summed E-state index contributed by atoms with van der Waals surface area (Å²) >= 11 is 0. The zero-order valence-electron chi connectivity index (χ0n) is 25.1. The molecular formula is C31H64B3N. The second-order valence-corrected chi connectivity index (χ2v) is 14.3. The van der Waals surface area contributed by atoms with Crippen LogP contribution in [0.3, 0.4) is 0 Å². The SMILES string of the molecule is CCCCCCCCC(C)(BC1(C)CCCCCCC1)CNBBC1(C)CCCCCCCCC1. The summed E-state index contributed by atoms with van der Waals surface area (Å²) in [5.74, 6) is 0. The molecule has 0 aromatic rings. The summed E-state index contributed by atoms with van der Waals surface area (Å²) in [4.78, 5) is 0. The lowest BCUT2D eigenvalue weighted by molar-refractivity contribution is 0.397. The van der Waals surface area contributed by atoms with Crippen LogP contribution in [0.5, 0.6) is 0 Å². The van der Waals surface area contributed by atoms with Gasteiger partial charge in [0.05, 0.1) is 0 Å². The number of nitrogens with one attached hydrogen (secondary N) is 1. The highest BCUT2D eigenvalue weighted by Crippen LogP contribution is 2.47. The molecule has 4 heteroatoms. The lowest BCUT2D eigenvalue weighted by Crippen LogP contribution is -2.41. The smallest absolute Gasteiger partial charge is 0.162 e. The van der Waals surface area contributed by atoms with Crippen LogP contribution in [0, 0.1) is 0 Å². The summed E-state index contributed by atoms with van der Waals surface area (Å²) in [6.07, 6.45) is 33.5. The van der Waals surface area contributed by atoms with Crippen molar-refractivity contribution in [1.29, 1.82) is 0 Å². The predicted octanol–water partition coefficient (Wildman–Crippen LogP) is 9.27. The lowest BCUT2D eigenvalue weighted by Gasteiger charge is -2.40. The van der Waals surface area contributed by atoms with Crippen molar-refractivity contribution in [3.63, 3.8) is 0 Å². The van der Waals surface area contributed by atoms with Gasteiger partial charge in [-0.3, -0.25) is 0 Å². The molecule has 2 aliphatic carbocycles. The van der Waals surface area contributed by atoms with Gasteiger partial charge in [-0.15, -0.1) is 0 Å². The van der Waals surface area contributed by atoms with Crippen LogP contribution in [-0.4, -0.2) is 28.3 Å². The molecule has 1 nitrogen and oxygen atoms in total. The third-order valence-corrected chi connectivity index (χ3v) is 10.1. The van der Waals surface area contributed by atoms with E-state index in [9.17, 15) is 0 Å². The van der Waals surface area contributed by atoms with Gasteiger partial charge in [0.1, 0.15) is 14.4 Å². The molecule has 202 valence electrons. The van der Waals surface area contributed by atoms with Gasteiger partial charge in [0.2, 0.25) is 0 Å². The highest BCUT2D eigenvalue weighted by Gasteiger charge is 2.36. The van der Waals surface area contributed by atoms with Crippen molar-refractivity contribution in [2.75, 3.05) is 6.54 Å². The van der Waals surface area contributed by atoms with E-state index in [2.05, 4.69) is 32.9 Å². The molecule has 2 fully saturated rings. The largest absolute Gasteiger partial charge is 0.366 e. The second kappa shape index (κ2) is 17.6. The van der Waals surface area contributed by atoms with Crippen LogP contribution in [0.4, 0.5) is 0 Å². The number of hydrogen-bond donors (Lipinski definition) is 1. The van der Waals surface area contributed by atoms with Crippen molar-refractivity contribution in [2.24, 2.45) is 0 Å². The zero-order chi connectivity index (χ0) is 25.3. The molecule has 0 bridgehead atoms. The van der Waals surface area contributed by atoms with E-state index in [-0.39, 0.29) is 0 Å². The molecule has 0 amide bonds. The summed E-state index contributed by atoms with van der Waals surface area (Å²) in [5, 5.41) is 5.67. The van der Waals surface area contributed by atoms with E-state index < -0.39 is 0 Å².